The molecule has 0 aliphatic carbocycles. The lowest BCUT2D eigenvalue weighted by molar-refractivity contribution is -0.142. The third-order valence-corrected chi connectivity index (χ3v) is 5.35. The molecule has 122 valence electrons. The molecule has 0 aromatic heterocycles. The Morgan fingerprint density at radius 1 is 1.17 bits per heavy atom. The molecule has 0 N–H and O–H groups in total. The van der Waals surface area contributed by atoms with Crippen LogP contribution in [0.5, 0.6) is 0 Å². The van der Waals surface area contributed by atoms with Crippen LogP contribution in [0.3, 0.4) is 0 Å². The van der Waals surface area contributed by atoms with Gasteiger partial charge in [0.1, 0.15) is 0 Å². The molecule has 2 fully saturated rings. The van der Waals surface area contributed by atoms with Gasteiger partial charge in [0.15, 0.2) is 4.32 Å². The fourth-order valence-electron chi connectivity index (χ4n) is 2.23. The third kappa shape index (κ3) is 3.31. The molecular formula is C16H12N2O3S3. The molecule has 2 aliphatic heterocycles. The Morgan fingerprint density at radius 2 is 1.88 bits per heavy atom. The van der Waals surface area contributed by atoms with Crippen LogP contribution in [0.25, 0.3) is 6.08 Å². The van der Waals surface area contributed by atoms with Gasteiger partial charge in [-0.2, -0.15) is 10.0 Å². The molecule has 1 aromatic carbocycles. The van der Waals surface area contributed by atoms with Crippen LogP contribution in [0.15, 0.2) is 46.9 Å². The Balaban J connectivity index is 1.85. The van der Waals surface area contributed by atoms with Crippen molar-refractivity contribution in [3.8, 4) is 0 Å². The van der Waals surface area contributed by atoms with E-state index in [1.807, 2.05) is 43.3 Å². The zero-order chi connectivity index (χ0) is 17.3. The van der Waals surface area contributed by atoms with Crippen LogP contribution in [0.4, 0.5) is 4.79 Å². The molecule has 24 heavy (non-hydrogen) atoms. The lowest BCUT2D eigenvalue weighted by Gasteiger charge is -2.22. The van der Waals surface area contributed by atoms with Gasteiger partial charge in [-0.3, -0.25) is 14.4 Å². The molecule has 0 radical (unpaired) electrons. The highest BCUT2D eigenvalue weighted by atomic mass is 32.2. The second-order valence-electron chi connectivity index (χ2n) is 5.05. The number of benzene rings is 1. The minimum atomic E-state index is -0.478. The van der Waals surface area contributed by atoms with Crippen LogP contribution in [0.1, 0.15) is 12.5 Å². The van der Waals surface area contributed by atoms with Crippen LogP contribution < -0.4 is 0 Å². The minimum Gasteiger partial charge on any atom is -0.271 e. The quantitative estimate of drug-likeness (QED) is 0.595. The summed E-state index contributed by atoms with van der Waals surface area (Å²) in [5.74, 6) is -0.851. The molecule has 2 saturated heterocycles. The first-order valence-corrected chi connectivity index (χ1v) is 9.19. The highest BCUT2D eigenvalue weighted by Crippen LogP contribution is 2.35. The van der Waals surface area contributed by atoms with Crippen molar-refractivity contribution < 1.29 is 14.4 Å². The molecule has 1 aromatic rings. The van der Waals surface area contributed by atoms with E-state index in [-0.39, 0.29) is 10.1 Å². The van der Waals surface area contributed by atoms with Crippen LogP contribution in [0, 0.1) is 0 Å². The summed E-state index contributed by atoms with van der Waals surface area (Å²) < 4.78 is 0.183. The monoisotopic (exact) mass is 376 g/mol. The van der Waals surface area contributed by atoms with Gasteiger partial charge in [-0.15, -0.1) is 0 Å². The summed E-state index contributed by atoms with van der Waals surface area (Å²) in [5, 5.41) is 1.35. The van der Waals surface area contributed by atoms with Crippen LogP contribution in [-0.2, 0) is 9.59 Å². The Labute approximate surface area is 152 Å². The average molecular weight is 376 g/mol. The first kappa shape index (κ1) is 16.9. The maximum Gasteiger partial charge on any atom is 0.308 e. The second-order valence-corrected chi connectivity index (χ2v) is 7.66. The number of hydrazine groups is 1. The molecule has 5 nitrogen and oxygen atoms in total. The van der Waals surface area contributed by atoms with Crippen molar-refractivity contribution in [2.45, 2.75) is 6.92 Å². The number of hydrogen-bond acceptors (Lipinski definition) is 6. The summed E-state index contributed by atoms with van der Waals surface area (Å²) in [6, 6.07) is 9.71. The van der Waals surface area contributed by atoms with Crippen molar-refractivity contribution in [2.24, 2.45) is 0 Å². The van der Waals surface area contributed by atoms with Gasteiger partial charge in [-0.25, -0.2) is 0 Å². The van der Waals surface area contributed by atoms with Gasteiger partial charge in [0, 0.05) is 0 Å². The van der Waals surface area contributed by atoms with E-state index in [0.29, 0.717) is 4.91 Å². The van der Waals surface area contributed by atoms with Crippen molar-refractivity contribution >= 4 is 63.2 Å². The Bertz CT molecular complexity index is 786. The van der Waals surface area contributed by atoms with Crippen LogP contribution in [0.2, 0.25) is 0 Å². The van der Waals surface area contributed by atoms with E-state index in [1.54, 1.807) is 6.08 Å². The summed E-state index contributed by atoms with van der Waals surface area (Å²) in [4.78, 5) is 36.6. The van der Waals surface area contributed by atoms with E-state index in [2.05, 4.69) is 0 Å². The van der Waals surface area contributed by atoms with Gasteiger partial charge in [0.25, 0.3) is 11.8 Å². The number of hydrogen-bond donors (Lipinski definition) is 0. The number of carbonyl (C=O) groups excluding carboxylic acids is 3. The van der Waals surface area contributed by atoms with Crippen LogP contribution in [-0.4, -0.2) is 37.1 Å². The van der Waals surface area contributed by atoms with Crippen molar-refractivity contribution in [1.82, 2.24) is 10.0 Å². The lowest BCUT2D eigenvalue weighted by Crippen LogP contribution is -2.48. The number of thiocarbonyl (C=S) groups is 1. The summed E-state index contributed by atoms with van der Waals surface area (Å²) in [6.07, 6.45) is 3.65. The Kier molecular flexibility index (Phi) is 4.88. The number of thioether (sulfide) groups is 2. The molecule has 8 heteroatoms. The zero-order valence-corrected chi connectivity index (χ0v) is 15.0. The summed E-state index contributed by atoms with van der Waals surface area (Å²) in [7, 11) is 0. The largest absolute Gasteiger partial charge is 0.308 e. The minimum absolute atomic E-state index is 0.0296. The fraction of sp³-hybridized carbons (Fsp3) is 0.125. The number of nitrogens with zero attached hydrogens (tertiary/aromatic N) is 2. The SMILES string of the molecule is CC(/C=C1\SC(=S)N(N2C(=O)CSC2=O)C1=O)=C\c1ccccc1. The molecule has 0 bridgehead atoms. The van der Waals surface area contributed by atoms with E-state index in [1.165, 1.54) is 0 Å². The summed E-state index contributed by atoms with van der Waals surface area (Å²) in [5.41, 5.74) is 1.89. The number of carbonyl (C=O) groups is 3. The van der Waals surface area contributed by atoms with Crippen molar-refractivity contribution in [3.63, 3.8) is 0 Å². The molecule has 0 atom stereocenters. The Hall–Kier alpha value is -1.90. The molecule has 3 amide bonds. The maximum atomic E-state index is 12.5. The van der Waals surface area contributed by atoms with Gasteiger partial charge in [0.2, 0.25) is 0 Å². The van der Waals surface area contributed by atoms with Gasteiger partial charge in [0.05, 0.1) is 10.7 Å². The van der Waals surface area contributed by atoms with Gasteiger partial charge in [-0.1, -0.05) is 59.9 Å². The fourth-order valence-corrected chi connectivity index (χ4v) is 4.20. The van der Waals surface area contributed by atoms with E-state index >= 15 is 0 Å². The second kappa shape index (κ2) is 6.92. The van der Waals surface area contributed by atoms with E-state index < -0.39 is 17.1 Å². The standard InChI is InChI=1S/C16H12N2O3S3/c1-10(7-11-5-3-2-4-6-11)8-12-14(20)18(16(22)24-12)17-13(19)9-23-15(17)21/h2-8H,9H2,1H3/b10-7+,12-8-. The zero-order valence-electron chi connectivity index (χ0n) is 12.6. The van der Waals surface area contributed by atoms with Crippen molar-refractivity contribution in [2.75, 3.05) is 5.75 Å². The molecule has 0 saturated carbocycles. The number of rotatable bonds is 3. The smallest absolute Gasteiger partial charge is 0.271 e. The lowest BCUT2D eigenvalue weighted by atomic mass is 10.1. The van der Waals surface area contributed by atoms with E-state index in [4.69, 9.17) is 12.2 Å². The maximum absolute atomic E-state index is 12.5. The van der Waals surface area contributed by atoms with E-state index in [9.17, 15) is 14.4 Å². The molecule has 2 heterocycles. The average Bonchev–Trinajstić information content (AvgIpc) is 3.00. The topological polar surface area (TPSA) is 57.7 Å². The highest BCUT2D eigenvalue weighted by Gasteiger charge is 2.44. The molecule has 0 spiro atoms. The number of amides is 3. The van der Waals surface area contributed by atoms with Gasteiger partial charge >= 0.3 is 5.24 Å². The predicted molar refractivity (Wildman–Crippen MR) is 99.9 cm³/mol. The van der Waals surface area contributed by atoms with Crippen molar-refractivity contribution in [3.05, 3.63) is 52.4 Å². The number of allylic oxidation sites excluding steroid dienone is 2. The first-order chi connectivity index (χ1) is 11.5. The van der Waals surface area contributed by atoms with Crippen molar-refractivity contribution in [1.29, 1.82) is 0 Å². The highest BCUT2D eigenvalue weighted by molar-refractivity contribution is 8.26. The number of imide groups is 1. The van der Waals surface area contributed by atoms with Crippen LogP contribution >= 0.6 is 35.7 Å². The van der Waals surface area contributed by atoms with Gasteiger partial charge in [-0.05, 0) is 36.4 Å². The first-order valence-electron chi connectivity index (χ1n) is 6.98. The summed E-state index contributed by atoms with van der Waals surface area (Å²) in [6.45, 7) is 1.88. The molecule has 0 unspecified atom stereocenters. The normalized spacial score (nSPS) is 20.7. The Morgan fingerprint density at radius 3 is 2.50 bits per heavy atom. The third-order valence-electron chi connectivity index (χ3n) is 3.25. The summed E-state index contributed by atoms with van der Waals surface area (Å²) >= 11 is 7.12. The molecule has 3 rings (SSSR count). The molecular weight excluding hydrogens is 364 g/mol. The predicted octanol–water partition coefficient (Wildman–Crippen LogP) is 3.44. The molecule has 2 aliphatic rings. The van der Waals surface area contributed by atoms with Gasteiger partial charge < -0.3 is 0 Å². The van der Waals surface area contributed by atoms with E-state index in [0.717, 1.165) is 44.7 Å².